The van der Waals surface area contributed by atoms with Crippen molar-refractivity contribution < 1.29 is 9.18 Å². The van der Waals surface area contributed by atoms with Gasteiger partial charge in [0.1, 0.15) is 5.82 Å². The van der Waals surface area contributed by atoms with Gasteiger partial charge in [0.15, 0.2) is 0 Å². The van der Waals surface area contributed by atoms with Crippen molar-refractivity contribution in [2.75, 3.05) is 5.73 Å². The highest BCUT2D eigenvalue weighted by Crippen LogP contribution is 2.16. The molecule has 0 saturated heterocycles. The van der Waals surface area contributed by atoms with Crippen molar-refractivity contribution in [3.05, 3.63) is 65.5 Å². The Morgan fingerprint density at radius 3 is 2.58 bits per heavy atom. The van der Waals surface area contributed by atoms with Crippen LogP contribution in [0.2, 0.25) is 0 Å². The first-order valence-electron chi connectivity index (χ1n) is 5.99. The SMILES string of the molecule is CC(NC(=O)c1cc(F)ccc1N)c1ccccc1. The molecule has 19 heavy (non-hydrogen) atoms. The van der Waals surface area contributed by atoms with E-state index in [9.17, 15) is 9.18 Å². The molecular weight excluding hydrogens is 243 g/mol. The molecule has 0 aliphatic carbocycles. The average Bonchev–Trinajstić information content (AvgIpc) is 2.42. The molecule has 4 heteroatoms. The van der Waals surface area contributed by atoms with Gasteiger partial charge in [-0.3, -0.25) is 4.79 Å². The Hall–Kier alpha value is -2.36. The number of anilines is 1. The van der Waals surface area contributed by atoms with Gasteiger partial charge >= 0.3 is 0 Å². The molecule has 3 nitrogen and oxygen atoms in total. The van der Waals surface area contributed by atoms with E-state index in [0.29, 0.717) is 0 Å². The van der Waals surface area contributed by atoms with Gasteiger partial charge in [-0.15, -0.1) is 0 Å². The zero-order valence-corrected chi connectivity index (χ0v) is 10.6. The highest BCUT2D eigenvalue weighted by Gasteiger charge is 2.14. The molecule has 0 bridgehead atoms. The lowest BCUT2D eigenvalue weighted by molar-refractivity contribution is 0.0940. The van der Waals surface area contributed by atoms with Crippen LogP contribution in [0.15, 0.2) is 48.5 Å². The Morgan fingerprint density at radius 1 is 1.21 bits per heavy atom. The van der Waals surface area contributed by atoms with Crippen molar-refractivity contribution in [3.63, 3.8) is 0 Å². The summed E-state index contributed by atoms with van der Waals surface area (Å²) >= 11 is 0. The predicted molar refractivity (Wildman–Crippen MR) is 73.1 cm³/mol. The summed E-state index contributed by atoms with van der Waals surface area (Å²) in [6.07, 6.45) is 0. The van der Waals surface area contributed by atoms with E-state index in [1.807, 2.05) is 37.3 Å². The minimum atomic E-state index is -0.480. The molecule has 0 saturated carbocycles. The molecule has 1 amide bonds. The van der Waals surface area contributed by atoms with Gasteiger partial charge in [-0.05, 0) is 30.7 Å². The molecule has 0 aliphatic heterocycles. The zero-order valence-electron chi connectivity index (χ0n) is 10.6. The molecular formula is C15H15FN2O. The van der Waals surface area contributed by atoms with E-state index in [1.54, 1.807) is 0 Å². The fraction of sp³-hybridized carbons (Fsp3) is 0.133. The van der Waals surface area contributed by atoms with Gasteiger partial charge < -0.3 is 11.1 Å². The van der Waals surface area contributed by atoms with E-state index in [4.69, 9.17) is 5.73 Å². The van der Waals surface area contributed by atoms with Crippen LogP contribution in [0.4, 0.5) is 10.1 Å². The highest BCUT2D eigenvalue weighted by atomic mass is 19.1. The van der Waals surface area contributed by atoms with Gasteiger partial charge in [0.05, 0.1) is 11.6 Å². The average molecular weight is 258 g/mol. The highest BCUT2D eigenvalue weighted by molar-refractivity contribution is 5.99. The molecule has 0 heterocycles. The number of hydrogen-bond donors (Lipinski definition) is 2. The van der Waals surface area contributed by atoms with Gasteiger partial charge in [0.2, 0.25) is 0 Å². The van der Waals surface area contributed by atoms with Crippen LogP contribution in [0.1, 0.15) is 28.9 Å². The van der Waals surface area contributed by atoms with E-state index in [1.165, 1.54) is 12.1 Å². The van der Waals surface area contributed by atoms with Gasteiger partial charge in [-0.2, -0.15) is 0 Å². The lowest BCUT2D eigenvalue weighted by atomic mass is 10.1. The van der Waals surface area contributed by atoms with E-state index in [0.717, 1.165) is 11.6 Å². The molecule has 2 aromatic rings. The number of nitrogens with two attached hydrogens (primary N) is 1. The standard InChI is InChI=1S/C15H15FN2O/c1-10(11-5-3-2-4-6-11)18-15(19)13-9-12(16)7-8-14(13)17/h2-10H,17H2,1H3,(H,18,19). The maximum atomic E-state index is 13.1. The smallest absolute Gasteiger partial charge is 0.253 e. The van der Waals surface area contributed by atoms with Crippen molar-refractivity contribution in [2.24, 2.45) is 0 Å². The fourth-order valence-corrected chi connectivity index (χ4v) is 1.82. The van der Waals surface area contributed by atoms with Crippen molar-refractivity contribution in [1.82, 2.24) is 5.32 Å². The molecule has 1 unspecified atom stereocenters. The predicted octanol–water partition coefficient (Wildman–Crippen LogP) is 2.90. The summed E-state index contributed by atoms with van der Waals surface area (Å²) in [4.78, 5) is 12.0. The van der Waals surface area contributed by atoms with Crippen molar-refractivity contribution in [3.8, 4) is 0 Å². The number of carbonyl (C=O) groups excluding carboxylic acids is 1. The van der Waals surface area contributed by atoms with E-state index < -0.39 is 5.82 Å². The largest absolute Gasteiger partial charge is 0.398 e. The number of nitrogens with one attached hydrogen (secondary N) is 1. The third-order valence-corrected chi connectivity index (χ3v) is 2.91. The summed E-state index contributed by atoms with van der Waals surface area (Å²) in [6, 6.07) is 13.1. The summed E-state index contributed by atoms with van der Waals surface area (Å²) in [5.41, 5.74) is 7.07. The summed E-state index contributed by atoms with van der Waals surface area (Å²) in [6.45, 7) is 1.86. The van der Waals surface area contributed by atoms with E-state index in [2.05, 4.69) is 5.32 Å². The molecule has 1 atom stereocenters. The van der Waals surface area contributed by atoms with Crippen LogP contribution in [-0.4, -0.2) is 5.91 Å². The van der Waals surface area contributed by atoms with Gasteiger partial charge in [-0.25, -0.2) is 4.39 Å². The number of halogens is 1. The molecule has 0 aliphatic rings. The van der Waals surface area contributed by atoms with Gasteiger partial charge in [-0.1, -0.05) is 30.3 Å². The summed E-state index contributed by atoms with van der Waals surface area (Å²) in [5.74, 6) is -0.861. The molecule has 98 valence electrons. The first-order chi connectivity index (χ1) is 9.08. The molecule has 0 fully saturated rings. The van der Waals surface area contributed by atoms with Crippen LogP contribution < -0.4 is 11.1 Å². The topological polar surface area (TPSA) is 55.1 Å². The fourth-order valence-electron chi connectivity index (χ4n) is 1.82. The monoisotopic (exact) mass is 258 g/mol. The van der Waals surface area contributed by atoms with Crippen LogP contribution >= 0.6 is 0 Å². The summed E-state index contributed by atoms with van der Waals surface area (Å²) in [5, 5.41) is 2.79. The van der Waals surface area contributed by atoms with Crippen molar-refractivity contribution in [1.29, 1.82) is 0 Å². The molecule has 0 radical (unpaired) electrons. The van der Waals surface area contributed by atoms with Crippen LogP contribution in [0.5, 0.6) is 0 Å². The third kappa shape index (κ3) is 3.10. The second-order valence-electron chi connectivity index (χ2n) is 4.34. The lowest BCUT2D eigenvalue weighted by Gasteiger charge is -2.15. The number of rotatable bonds is 3. The Bertz CT molecular complexity index is 584. The van der Waals surface area contributed by atoms with E-state index >= 15 is 0 Å². The first-order valence-corrected chi connectivity index (χ1v) is 5.99. The van der Waals surface area contributed by atoms with Crippen molar-refractivity contribution >= 4 is 11.6 Å². The number of hydrogen-bond acceptors (Lipinski definition) is 2. The minimum Gasteiger partial charge on any atom is -0.398 e. The number of benzene rings is 2. The Kier molecular flexibility index (Phi) is 3.80. The van der Waals surface area contributed by atoms with Crippen molar-refractivity contribution in [2.45, 2.75) is 13.0 Å². The van der Waals surface area contributed by atoms with Crippen LogP contribution in [-0.2, 0) is 0 Å². The summed E-state index contributed by atoms with van der Waals surface area (Å²) in [7, 11) is 0. The summed E-state index contributed by atoms with van der Waals surface area (Å²) < 4.78 is 13.1. The van der Waals surface area contributed by atoms with Gasteiger partial charge in [0.25, 0.3) is 5.91 Å². The second kappa shape index (κ2) is 5.52. The molecule has 2 aromatic carbocycles. The molecule has 3 N–H and O–H groups in total. The normalized spacial score (nSPS) is 11.9. The van der Waals surface area contributed by atoms with Crippen LogP contribution in [0.25, 0.3) is 0 Å². The minimum absolute atomic E-state index is 0.155. The molecule has 2 rings (SSSR count). The van der Waals surface area contributed by atoms with Crippen LogP contribution in [0.3, 0.4) is 0 Å². The zero-order chi connectivity index (χ0) is 13.8. The maximum Gasteiger partial charge on any atom is 0.253 e. The Labute approximate surface area is 111 Å². The number of carbonyl (C=O) groups is 1. The molecule has 0 spiro atoms. The quantitative estimate of drug-likeness (QED) is 0.832. The maximum absolute atomic E-state index is 13.1. The van der Waals surface area contributed by atoms with Gasteiger partial charge in [0, 0.05) is 5.69 Å². The molecule has 0 aromatic heterocycles. The number of nitrogen functional groups attached to an aromatic ring is 1. The third-order valence-electron chi connectivity index (χ3n) is 2.91. The first kappa shape index (κ1) is 13.1. The Balaban J connectivity index is 2.15. The second-order valence-corrected chi connectivity index (χ2v) is 4.34. The van der Waals surface area contributed by atoms with E-state index in [-0.39, 0.29) is 23.2 Å². The Morgan fingerprint density at radius 2 is 1.89 bits per heavy atom. The van der Waals surface area contributed by atoms with Crippen LogP contribution in [0, 0.1) is 5.82 Å². The lowest BCUT2D eigenvalue weighted by Crippen LogP contribution is -2.27. The number of amides is 1.